The van der Waals surface area contributed by atoms with Crippen LogP contribution in [0.4, 0.5) is 5.13 Å². The molecular weight excluding hydrogens is 332 g/mol. The number of methoxy groups -OCH3 is 1. The Labute approximate surface area is 139 Å². The van der Waals surface area contributed by atoms with E-state index >= 15 is 0 Å². The van der Waals surface area contributed by atoms with Gasteiger partial charge >= 0.3 is 0 Å². The maximum absolute atomic E-state index is 11.3. The maximum atomic E-state index is 11.3. The summed E-state index contributed by atoms with van der Waals surface area (Å²) in [7, 11) is 1.49. The third kappa shape index (κ3) is 6.92. The molecule has 0 atom stereocenters. The first-order chi connectivity index (χ1) is 9.78. The molecule has 0 radical (unpaired) electrons. The molecule has 1 aromatic heterocycles. The fourth-order valence-corrected chi connectivity index (χ4v) is 3.89. The normalized spacial score (nSPS) is 15.5. The first-order valence-electron chi connectivity index (χ1n) is 6.75. The van der Waals surface area contributed by atoms with Crippen molar-refractivity contribution in [2.24, 2.45) is 0 Å². The summed E-state index contributed by atoms with van der Waals surface area (Å²) in [6.07, 6.45) is 4.00. The van der Waals surface area contributed by atoms with Crippen LogP contribution in [0.25, 0.3) is 0 Å². The van der Waals surface area contributed by atoms with Crippen molar-refractivity contribution >= 4 is 46.5 Å². The third-order valence-electron chi connectivity index (χ3n) is 3.01. The maximum Gasteiger partial charge on any atom is 0.252 e. The number of anilines is 1. The van der Waals surface area contributed by atoms with E-state index in [-0.39, 0.29) is 24.9 Å². The van der Waals surface area contributed by atoms with Gasteiger partial charge in [-0.05, 0) is 25.9 Å². The topological polar surface area (TPSA) is 67.3 Å². The molecule has 1 aromatic rings. The van der Waals surface area contributed by atoms with E-state index in [2.05, 4.69) is 20.4 Å². The molecule has 0 aromatic carbocycles. The fraction of sp³-hybridized carbons (Fsp3) is 0.750. The van der Waals surface area contributed by atoms with Crippen LogP contribution in [-0.2, 0) is 9.53 Å². The van der Waals surface area contributed by atoms with Crippen LogP contribution < -0.4 is 5.32 Å². The van der Waals surface area contributed by atoms with E-state index in [0.717, 1.165) is 16.6 Å². The van der Waals surface area contributed by atoms with Crippen LogP contribution in [0.3, 0.4) is 0 Å². The van der Waals surface area contributed by atoms with Crippen molar-refractivity contribution < 1.29 is 9.53 Å². The second-order valence-electron chi connectivity index (χ2n) is 4.61. The lowest BCUT2D eigenvalue weighted by molar-refractivity contribution is -0.119. The van der Waals surface area contributed by atoms with Crippen LogP contribution in [0, 0.1) is 0 Å². The molecule has 0 bridgehead atoms. The molecule has 2 heterocycles. The Morgan fingerprint density at radius 2 is 2.14 bits per heavy atom. The Bertz CT molecular complexity index is 427. The van der Waals surface area contributed by atoms with Gasteiger partial charge in [0.1, 0.15) is 6.61 Å². The first-order valence-corrected chi connectivity index (χ1v) is 8.55. The van der Waals surface area contributed by atoms with E-state index < -0.39 is 0 Å². The summed E-state index contributed by atoms with van der Waals surface area (Å²) in [5.74, 6) is 0.814. The lowest BCUT2D eigenvalue weighted by atomic mass is 10.1. The predicted octanol–water partition coefficient (Wildman–Crippen LogP) is 2.12. The zero-order chi connectivity index (χ0) is 14.2. The number of thioether (sulfide) groups is 1. The number of ether oxygens (including phenoxy) is 1. The second-order valence-corrected chi connectivity index (χ2v) is 6.92. The molecule has 1 aliphatic rings. The Morgan fingerprint density at radius 1 is 1.38 bits per heavy atom. The molecule has 1 N–H and O–H groups in total. The number of piperidine rings is 1. The smallest absolute Gasteiger partial charge is 0.252 e. The van der Waals surface area contributed by atoms with E-state index in [1.165, 1.54) is 50.8 Å². The number of rotatable bonds is 7. The largest absolute Gasteiger partial charge is 0.375 e. The SMILES string of the molecule is COCC(=O)Nc1nnc(SCCN2CCCCC2)s1.Cl. The Balaban J connectivity index is 0.00000220. The van der Waals surface area contributed by atoms with Crippen molar-refractivity contribution in [1.29, 1.82) is 0 Å². The lowest BCUT2D eigenvalue weighted by Crippen LogP contribution is -2.31. The highest BCUT2D eigenvalue weighted by Crippen LogP contribution is 2.25. The number of hydrogen-bond donors (Lipinski definition) is 1. The fourth-order valence-electron chi connectivity index (χ4n) is 2.05. The Morgan fingerprint density at radius 3 is 2.86 bits per heavy atom. The molecule has 1 saturated heterocycles. The van der Waals surface area contributed by atoms with Gasteiger partial charge in [-0.3, -0.25) is 10.1 Å². The minimum Gasteiger partial charge on any atom is -0.375 e. The summed E-state index contributed by atoms with van der Waals surface area (Å²) >= 11 is 3.10. The third-order valence-corrected chi connectivity index (χ3v) is 4.96. The molecule has 1 amide bonds. The summed E-state index contributed by atoms with van der Waals surface area (Å²) in [6, 6.07) is 0. The van der Waals surface area contributed by atoms with Crippen molar-refractivity contribution in [2.45, 2.75) is 23.6 Å². The standard InChI is InChI=1S/C12H20N4O2S2.ClH/c1-18-9-10(17)13-11-14-15-12(20-11)19-8-7-16-5-3-2-4-6-16;/h2-9H2,1H3,(H,13,14,17);1H. The average molecular weight is 353 g/mol. The first kappa shape index (κ1) is 18.6. The van der Waals surface area contributed by atoms with Crippen molar-refractivity contribution in [3.05, 3.63) is 0 Å². The molecular formula is C12H21ClN4O2S2. The molecule has 1 fully saturated rings. The summed E-state index contributed by atoms with van der Waals surface area (Å²) in [5, 5.41) is 11.2. The van der Waals surface area contributed by atoms with Gasteiger partial charge in [0.05, 0.1) is 0 Å². The Hall–Kier alpha value is -0.410. The number of carbonyl (C=O) groups is 1. The van der Waals surface area contributed by atoms with E-state index in [4.69, 9.17) is 4.74 Å². The Kier molecular flexibility index (Phi) is 9.18. The van der Waals surface area contributed by atoms with Crippen LogP contribution in [-0.4, -0.2) is 60.1 Å². The monoisotopic (exact) mass is 352 g/mol. The average Bonchev–Trinajstić information content (AvgIpc) is 2.88. The molecule has 1 aliphatic heterocycles. The molecule has 21 heavy (non-hydrogen) atoms. The van der Waals surface area contributed by atoms with Gasteiger partial charge in [0.15, 0.2) is 4.34 Å². The van der Waals surface area contributed by atoms with Gasteiger partial charge in [-0.15, -0.1) is 22.6 Å². The molecule has 2 rings (SSSR count). The highest BCUT2D eigenvalue weighted by molar-refractivity contribution is 8.01. The summed E-state index contributed by atoms with van der Waals surface area (Å²) in [5.41, 5.74) is 0. The summed E-state index contributed by atoms with van der Waals surface area (Å²) < 4.78 is 5.65. The van der Waals surface area contributed by atoms with Crippen LogP contribution in [0.5, 0.6) is 0 Å². The number of amides is 1. The van der Waals surface area contributed by atoms with Crippen LogP contribution >= 0.6 is 35.5 Å². The molecule has 0 saturated carbocycles. The van der Waals surface area contributed by atoms with Crippen molar-refractivity contribution in [3.63, 3.8) is 0 Å². The second kappa shape index (κ2) is 10.3. The van der Waals surface area contributed by atoms with Crippen molar-refractivity contribution in [1.82, 2.24) is 15.1 Å². The number of carbonyl (C=O) groups excluding carboxylic acids is 1. The minimum absolute atomic E-state index is 0. The van der Waals surface area contributed by atoms with Gasteiger partial charge in [0.2, 0.25) is 5.13 Å². The molecule has 0 aliphatic carbocycles. The quantitative estimate of drug-likeness (QED) is 0.599. The van der Waals surface area contributed by atoms with Gasteiger partial charge in [0, 0.05) is 19.4 Å². The van der Waals surface area contributed by atoms with Crippen molar-refractivity contribution in [3.8, 4) is 0 Å². The number of likely N-dealkylation sites (tertiary alicyclic amines) is 1. The zero-order valence-electron chi connectivity index (χ0n) is 12.0. The number of halogens is 1. The van der Waals surface area contributed by atoms with E-state index in [9.17, 15) is 4.79 Å². The van der Waals surface area contributed by atoms with Gasteiger partial charge in [0.25, 0.3) is 5.91 Å². The number of nitrogens with zero attached hydrogens (tertiary/aromatic N) is 3. The molecule has 6 nitrogen and oxygen atoms in total. The lowest BCUT2D eigenvalue weighted by Gasteiger charge is -2.25. The van der Waals surface area contributed by atoms with Gasteiger partial charge in [-0.25, -0.2) is 0 Å². The number of nitrogens with one attached hydrogen (secondary N) is 1. The van der Waals surface area contributed by atoms with Crippen LogP contribution in [0.15, 0.2) is 4.34 Å². The van der Waals surface area contributed by atoms with Crippen LogP contribution in [0.1, 0.15) is 19.3 Å². The van der Waals surface area contributed by atoms with E-state index in [1.54, 1.807) is 11.8 Å². The number of aromatic nitrogens is 2. The van der Waals surface area contributed by atoms with Gasteiger partial charge in [-0.2, -0.15) is 0 Å². The molecule has 9 heteroatoms. The zero-order valence-corrected chi connectivity index (χ0v) is 14.5. The van der Waals surface area contributed by atoms with E-state index in [1.807, 2.05) is 0 Å². The highest BCUT2D eigenvalue weighted by Gasteiger charge is 2.11. The summed E-state index contributed by atoms with van der Waals surface area (Å²) in [6.45, 7) is 3.57. The molecule has 120 valence electrons. The molecule has 0 spiro atoms. The molecule has 0 unspecified atom stereocenters. The summed E-state index contributed by atoms with van der Waals surface area (Å²) in [4.78, 5) is 13.8. The highest BCUT2D eigenvalue weighted by atomic mass is 35.5. The number of hydrogen-bond acceptors (Lipinski definition) is 7. The van der Waals surface area contributed by atoms with Gasteiger partial charge in [-0.1, -0.05) is 29.5 Å². The van der Waals surface area contributed by atoms with Crippen molar-refractivity contribution in [2.75, 3.05) is 44.4 Å². The minimum atomic E-state index is -0.200. The van der Waals surface area contributed by atoms with Crippen LogP contribution in [0.2, 0.25) is 0 Å². The van der Waals surface area contributed by atoms with E-state index in [0.29, 0.717) is 5.13 Å². The predicted molar refractivity (Wildman–Crippen MR) is 88.7 cm³/mol. The van der Waals surface area contributed by atoms with Gasteiger partial charge < -0.3 is 9.64 Å².